The number of sulfone groups is 1. The fourth-order valence-corrected chi connectivity index (χ4v) is 3.27. The van der Waals surface area contributed by atoms with Gasteiger partial charge in [0, 0.05) is 13.4 Å². The Morgan fingerprint density at radius 2 is 1.56 bits per heavy atom. The van der Waals surface area contributed by atoms with Gasteiger partial charge in [0.2, 0.25) is 0 Å². The molecule has 0 aliphatic rings. The van der Waals surface area contributed by atoms with E-state index < -0.39 is 45.6 Å². The van der Waals surface area contributed by atoms with Crippen molar-refractivity contribution in [3.63, 3.8) is 0 Å². The van der Waals surface area contributed by atoms with E-state index in [1.165, 1.54) is 24.3 Å². The summed E-state index contributed by atoms with van der Waals surface area (Å²) in [5.41, 5.74) is 0.206. The second-order valence-corrected chi connectivity index (χ2v) is 9.88. The largest absolute Gasteiger partial charge is 0.509 e. The molecule has 0 radical (unpaired) electrons. The van der Waals surface area contributed by atoms with E-state index in [0.29, 0.717) is 19.8 Å². The number of carbonyl (C=O) groups excluding carboxylic acids is 2. The summed E-state index contributed by atoms with van der Waals surface area (Å²) < 4.78 is 62.6. The summed E-state index contributed by atoms with van der Waals surface area (Å²) >= 11 is 11.0. The van der Waals surface area contributed by atoms with Crippen LogP contribution < -0.4 is 5.32 Å². The third-order valence-corrected chi connectivity index (χ3v) is 5.69. The van der Waals surface area contributed by atoms with Crippen LogP contribution in [0, 0.1) is 0 Å². The monoisotopic (exact) mass is 547 g/mol. The van der Waals surface area contributed by atoms with Gasteiger partial charge in [-0.1, -0.05) is 35.3 Å². The highest BCUT2D eigenvalue weighted by molar-refractivity contribution is 7.90. The van der Waals surface area contributed by atoms with Gasteiger partial charge in [-0.15, -0.1) is 0 Å². The molecule has 14 heteroatoms. The van der Waals surface area contributed by atoms with Crippen molar-refractivity contribution in [2.24, 2.45) is 0 Å². The summed E-state index contributed by atoms with van der Waals surface area (Å²) in [6.45, 7) is 0.239. The number of carbonyl (C=O) groups is 2. The number of hydrogen-bond donors (Lipinski definition) is 1. The highest BCUT2D eigenvalue weighted by Crippen LogP contribution is 2.25. The molecule has 194 valence electrons. The van der Waals surface area contributed by atoms with E-state index in [1.54, 1.807) is 7.11 Å². The molecule has 2 atom stereocenters. The van der Waals surface area contributed by atoms with Gasteiger partial charge in [0.05, 0.1) is 44.0 Å². The van der Waals surface area contributed by atoms with Crippen LogP contribution in [0.4, 0.5) is 9.18 Å². The lowest BCUT2D eigenvalue weighted by molar-refractivity contribution is -0.121. The quantitative estimate of drug-likeness (QED) is 0.188. The van der Waals surface area contributed by atoms with Gasteiger partial charge in [-0.2, -0.15) is 0 Å². The van der Waals surface area contributed by atoms with Crippen LogP contribution in [0.2, 0.25) is 0 Å². The topological polar surface area (TPSA) is 126 Å². The Morgan fingerprint density at radius 1 is 1.00 bits per heavy atom. The molecule has 0 aliphatic carbocycles. The molecule has 10 nitrogen and oxygen atoms in total. The molecular weight excluding hydrogens is 520 g/mol. The first-order valence-corrected chi connectivity index (χ1v) is 12.8. The summed E-state index contributed by atoms with van der Waals surface area (Å²) in [6, 6.07) is 3.81. The highest BCUT2D eigenvalue weighted by atomic mass is 35.5. The van der Waals surface area contributed by atoms with Crippen molar-refractivity contribution < 1.29 is 46.1 Å². The summed E-state index contributed by atoms with van der Waals surface area (Å²) in [5, 5.41) is 2.24. The predicted molar refractivity (Wildman–Crippen MR) is 122 cm³/mol. The molecule has 0 bridgehead atoms. The minimum absolute atomic E-state index is 0.00309. The average molecular weight is 548 g/mol. The van der Waals surface area contributed by atoms with Gasteiger partial charge in [0.15, 0.2) is 20.8 Å². The number of methoxy groups -OCH3 is 1. The van der Waals surface area contributed by atoms with E-state index in [2.05, 4.69) is 5.32 Å². The molecule has 34 heavy (non-hydrogen) atoms. The average Bonchev–Trinajstić information content (AvgIpc) is 2.79. The van der Waals surface area contributed by atoms with E-state index in [-0.39, 0.29) is 30.3 Å². The van der Waals surface area contributed by atoms with Crippen molar-refractivity contribution in [3.05, 3.63) is 29.8 Å². The number of ether oxygens (including phenoxy) is 5. The van der Waals surface area contributed by atoms with Crippen LogP contribution in [0.25, 0.3) is 0 Å². The van der Waals surface area contributed by atoms with Crippen LogP contribution in [-0.4, -0.2) is 91.0 Å². The lowest BCUT2D eigenvalue weighted by Crippen LogP contribution is -2.44. The lowest BCUT2D eigenvalue weighted by atomic mass is 10.0. The number of nitrogens with one attached hydrogen (secondary N) is 1. The van der Waals surface area contributed by atoms with Gasteiger partial charge in [-0.25, -0.2) is 17.6 Å². The van der Waals surface area contributed by atoms with Crippen molar-refractivity contribution in [2.75, 3.05) is 59.7 Å². The van der Waals surface area contributed by atoms with E-state index in [9.17, 15) is 22.4 Å². The molecule has 1 N–H and O–H groups in total. The molecule has 0 spiro atoms. The van der Waals surface area contributed by atoms with E-state index in [0.717, 1.165) is 6.26 Å². The predicted octanol–water partition coefficient (Wildman–Crippen LogP) is 2.22. The third kappa shape index (κ3) is 11.6. The summed E-state index contributed by atoms with van der Waals surface area (Å²) in [5.74, 6) is -0.901. The first-order chi connectivity index (χ1) is 16.1. The van der Waals surface area contributed by atoms with Gasteiger partial charge >= 0.3 is 6.16 Å². The normalized spacial score (nSPS) is 13.4. The minimum Gasteiger partial charge on any atom is -0.432 e. The molecular formula is C20H28Cl2FNO9S. The molecule has 1 amide bonds. The van der Waals surface area contributed by atoms with Gasteiger partial charge < -0.3 is 29.0 Å². The number of rotatable bonds is 16. The standard InChI is InChI=1S/C20H28Cl2FNO9S/c1-29-7-8-30-9-10-31-11-12-32-20(26)33-17(16(13-23)24-19(25)18(21)22)14-3-5-15(6-4-14)34(2,27)28/h3-6,16-18H,7-13H2,1-2H3,(H,24,25). The van der Waals surface area contributed by atoms with Crippen LogP contribution in [0.3, 0.4) is 0 Å². The smallest absolute Gasteiger partial charge is 0.432 e. The Labute approximate surface area is 207 Å². The van der Waals surface area contributed by atoms with Crippen molar-refractivity contribution in [3.8, 4) is 0 Å². The minimum atomic E-state index is -3.49. The van der Waals surface area contributed by atoms with Crippen LogP contribution in [-0.2, 0) is 38.3 Å². The fourth-order valence-electron chi connectivity index (χ4n) is 2.51. The van der Waals surface area contributed by atoms with Crippen molar-refractivity contribution in [1.82, 2.24) is 5.32 Å². The number of amides is 1. The zero-order valence-corrected chi connectivity index (χ0v) is 21.0. The number of halogens is 3. The molecule has 1 aromatic carbocycles. The third-order valence-electron chi connectivity index (χ3n) is 4.17. The number of benzene rings is 1. The van der Waals surface area contributed by atoms with Gasteiger partial charge in [-0.3, -0.25) is 4.79 Å². The zero-order valence-electron chi connectivity index (χ0n) is 18.7. The molecule has 0 saturated heterocycles. The van der Waals surface area contributed by atoms with Crippen molar-refractivity contribution in [2.45, 2.75) is 21.9 Å². The first-order valence-electron chi connectivity index (χ1n) is 10.0. The number of hydrogen-bond acceptors (Lipinski definition) is 9. The maximum atomic E-state index is 13.8. The van der Waals surface area contributed by atoms with Crippen molar-refractivity contribution >= 4 is 45.1 Å². The molecule has 0 aromatic heterocycles. The fraction of sp³-hybridized carbons (Fsp3) is 0.600. The maximum Gasteiger partial charge on any atom is 0.509 e. The molecule has 0 fully saturated rings. The Kier molecular flexibility index (Phi) is 14.3. The van der Waals surface area contributed by atoms with E-state index >= 15 is 0 Å². The Hall–Kier alpha value is -1.70. The first kappa shape index (κ1) is 30.3. The molecule has 0 heterocycles. The van der Waals surface area contributed by atoms with Crippen LogP contribution in [0.1, 0.15) is 11.7 Å². The molecule has 0 saturated carbocycles. The van der Waals surface area contributed by atoms with E-state index in [1.807, 2.05) is 0 Å². The Morgan fingerprint density at radius 3 is 2.06 bits per heavy atom. The molecule has 0 aliphatic heterocycles. The van der Waals surface area contributed by atoms with Crippen LogP contribution >= 0.6 is 23.2 Å². The zero-order chi connectivity index (χ0) is 25.6. The molecule has 1 aromatic rings. The van der Waals surface area contributed by atoms with Crippen LogP contribution in [0.15, 0.2) is 29.2 Å². The van der Waals surface area contributed by atoms with Crippen molar-refractivity contribution in [1.29, 1.82) is 0 Å². The summed E-state index contributed by atoms with van der Waals surface area (Å²) in [4.78, 5) is 22.5. The van der Waals surface area contributed by atoms with E-state index in [4.69, 9.17) is 46.9 Å². The highest BCUT2D eigenvalue weighted by Gasteiger charge is 2.31. The SMILES string of the molecule is COCCOCCOCCOC(=O)OC(c1ccc(S(C)(=O)=O)cc1)C(CF)NC(=O)C(Cl)Cl. The summed E-state index contributed by atoms with van der Waals surface area (Å²) in [6.07, 6.45) is -1.50. The van der Waals surface area contributed by atoms with Gasteiger partial charge in [-0.05, 0) is 17.7 Å². The maximum absolute atomic E-state index is 13.8. The summed E-state index contributed by atoms with van der Waals surface area (Å²) in [7, 11) is -1.93. The second-order valence-electron chi connectivity index (χ2n) is 6.77. The Balaban J connectivity index is 2.75. The lowest BCUT2D eigenvalue weighted by Gasteiger charge is -2.26. The van der Waals surface area contributed by atoms with Gasteiger partial charge in [0.1, 0.15) is 13.3 Å². The molecule has 2 unspecified atom stereocenters. The second kappa shape index (κ2) is 16.1. The Bertz CT molecular complexity index is 856. The van der Waals surface area contributed by atoms with Gasteiger partial charge in [0.25, 0.3) is 5.91 Å². The number of alkyl halides is 3. The van der Waals surface area contributed by atoms with Crippen LogP contribution in [0.5, 0.6) is 0 Å². The molecule has 1 rings (SSSR count).